The third kappa shape index (κ3) is 3.71. The van der Waals surface area contributed by atoms with Crippen LogP contribution in [-0.4, -0.2) is 20.5 Å². The average Bonchev–Trinajstić information content (AvgIpc) is 2.96. The highest BCUT2D eigenvalue weighted by Gasteiger charge is 2.36. The Kier molecular flexibility index (Phi) is 4.32. The molecule has 0 aliphatic rings. The van der Waals surface area contributed by atoms with Gasteiger partial charge in [-0.1, -0.05) is 12.1 Å². The van der Waals surface area contributed by atoms with E-state index >= 15 is 0 Å². The molecular formula is C16H10F6N4O. The Labute approximate surface area is 147 Å². The van der Waals surface area contributed by atoms with Gasteiger partial charge in [0.05, 0.1) is 11.3 Å². The molecule has 0 bridgehead atoms. The van der Waals surface area contributed by atoms with Crippen molar-refractivity contribution in [1.82, 2.24) is 14.6 Å². The lowest BCUT2D eigenvalue weighted by Gasteiger charge is -2.12. The van der Waals surface area contributed by atoms with Crippen LogP contribution in [0.25, 0.3) is 5.65 Å². The van der Waals surface area contributed by atoms with Gasteiger partial charge in [0.2, 0.25) is 0 Å². The molecular weight excluding hydrogens is 378 g/mol. The largest absolute Gasteiger partial charge is 0.433 e. The Bertz CT molecular complexity index is 1020. The highest BCUT2D eigenvalue weighted by Crippen LogP contribution is 2.35. The van der Waals surface area contributed by atoms with Crippen LogP contribution in [0.3, 0.4) is 0 Å². The molecule has 1 amide bonds. The summed E-state index contributed by atoms with van der Waals surface area (Å²) in [5.41, 5.74) is -3.49. The van der Waals surface area contributed by atoms with Gasteiger partial charge in [-0.3, -0.25) is 4.79 Å². The second kappa shape index (κ2) is 6.25. The molecule has 142 valence electrons. The number of benzene rings is 1. The molecule has 0 aliphatic carbocycles. The fourth-order valence-electron chi connectivity index (χ4n) is 2.44. The van der Waals surface area contributed by atoms with Crippen LogP contribution in [0.1, 0.15) is 27.4 Å². The number of alkyl halides is 6. The Morgan fingerprint density at radius 1 is 1.04 bits per heavy atom. The molecule has 0 radical (unpaired) electrons. The number of fused-ring (bicyclic) bond motifs is 1. The average molecular weight is 388 g/mol. The molecule has 5 nitrogen and oxygen atoms in total. The van der Waals surface area contributed by atoms with Crippen LogP contribution in [0.4, 0.5) is 32.0 Å². The molecule has 2 aromatic heterocycles. The van der Waals surface area contributed by atoms with Crippen LogP contribution in [0.5, 0.6) is 0 Å². The summed E-state index contributed by atoms with van der Waals surface area (Å²) in [5, 5.41) is 5.57. The molecule has 0 unspecified atom stereocenters. The highest BCUT2D eigenvalue weighted by atomic mass is 19.4. The van der Waals surface area contributed by atoms with Gasteiger partial charge >= 0.3 is 12.4 Å². The minimum atomic E-state index is -4.76. The van der Waals surface area contributed by atoms with Crippen LogP contribution < -0.4 is 5.32 Å². The maximum atomic E-state index is 13.1. The predicted octanol–water partition coefficient (Wildman–Crippen LogP) is 4.33. The van der Waals surface area contributed by atoms with Crippen LogP contribution >= 0.6 is 0 Å². The quantitative estimate of drug-likeness (QED) is 0.665. The normalized spacial score (nSPS) is 12.4. The highest BCUT2D eigenvalue weighted by molar-refractivity contribution is 6.04. The Morgan fingerprint density at radius 3 is 2.33 bits per heavy atom. The summed E-state index contributed by atoms with van der Waals surface area (Å²) in [4.78, 5) is 16.1. The summed E-state index contributed by atoms with van der Waals surface area (Å²) in [6.07, 6.45) is -9.47. The maximum Gasteiger partial charge on any atom is 0.433 e. The van der Waals surface area contributed by atoms with E-state index in [1.807, 2.05) is 5.32 Å². The van der Waals surface area contributed by atoms with E-state index in [9.17, 15) is 31.1 Å². The number of para-hydroxylation sites is 1. The molecule has 0 spiro atoms. The number of aryl methyl sites for hydroxylation is 1. The van der Waals surface area contributed by atoms with Crippen molar-refractivity contribution in [1.29, 1.82) is 0 Å². The molecule has 3 rings (SSSR count). The molecule has 0 fully saturated rings. The number of anilines is 1. The number of aromatic nitrogens is 3. The van der Waals surface area contributed by atoms with Crippen molar-refractivity contribution in [3.63, 3.8) is 0 Å². The number of carbonyl (C=O) groups is 1. The van der Waals surface area contributed by atoms with Crippen LogP contribution in [-0.2, 0) is 12.4 Å². The second-order valence-corrected chi connectivity index (χ2v) is 5.58. The third-order valence-corrected chi connectivity index (χ3v) is 3.56. The number of rotatable bonds is 2. The zero-order chi connectivity index (χ0) is 20.0. The monoisotopic (exact) mass is 388 g/mol. The van der Waals surface area contributed by atoms with Gasteiger partial charge < -0.3 is 5.32 Å². The lowest BCUT2D eigenvalue weighted by atomic mass is 10.1. The first-order valence-corrected chi connectivity index (χ1v) is 7.39. The summed E-state index contributed by atoms with van der Waals surface area (Å²) in [5.74, 6) is -1.09. The molecule has 3 aromatic rings. The van der Waals surface area contributed by atoms with Crippen molar-refractivity contribution < 1.29 is 31.1 Å². The fourth-order valence-corrected chi connectivity index (χ4v) is 2.44. The van der Waals surface area contributed by atoms with E-state index in [0.29, 0.717) is 4.52 Å². The summed E-state index contributed by atoms with van der Waals surface area (Å²) >= 11 is 0. The van der Waals surface area contributed by atoms with Gasteiger partial charge in [-0.25, -0.2) is 9.50 Å². The maximum absolute atomic E-state index is 13.1. The van der Waals surface area contributed by atoms with E-state index < -0.39 is 40.9 Å². The topological polar surface area (TPSA) is 59.3 Å². The molecule has 11 heteroatoms. The first kappa shape index (κ1) is 18.7. The van der Waals surface area contributed by atoms with Gasteiger partial charge in [0.15, 0.2) is 11.3 Å². The SMILES string of the molecule is Cc1cc(C(F)(F)F)n2nc(C(=O)Nc3ccccc3C(F)(F)F)cc2n1. The third-order valence-electron chi connectivity index (χ3n) is 3.56. The minimum absolute atomic E-state index is 0.0455. The Morgan fingerprint density at radius 2 is 1.70 bits per heavy atom. The van der Waals surface area contributed by atoms with Crippen molar-refractivity contribution in [2.75, 3.05) is 5.32 Å². The van der Waals surface area contributed by atoms with E-state index in [0.717, 1.165) is 30.3 Å². The van der Waals surface area contributed by atoms with Crippen molar-refractivity contribution in [2.45, 2.75) is 19.3 Å². The van der Waals surface area contributed by atoms with E-state index in [1.165, 1.54) is 13.0 Å². The molecule has 27 heavy (non-hydrogen) atoms. The van der Waals surface area contributed by atoms with Crippen LogP contribution in [0.2, 0.25) is 0 Å². The van der Waals surface area contributed by atoms with Gasteiger partial charge in [0.1, 0.15) is 5.69 Å². The smallest absolute Gasteiger partial charge is 0.320 e. The molecule has 0 saturated heterocycles. The number of hydrogen-bond donors (Lipinski definition) is 1. The molecule has 1 aromatic carbocycles. The van der Waals surface area contributed by atoms with Crippen LogP contribution in [0, 0.1) is 6.92 Å². The number of hydrogen-bond acceptors (Lipinski definition) is 3. The number of nitrogens with one attached hydrogen (secondary N) is 1. The van der Waals surface area contributed by atoms with Crippen molar-refractivity contribution in [3.05, 3.63) is 59.0 Å². The molecule has 0 saturated carbocycles. The van der Waals surface area contributed by atoms with Gasteiger partial charge in [-0.2, -0.15) is 31.4 Å². The summed E-state index contributed by atoms with van der Waals surface area (Å²) in [7, 11) is 0. The summed E-state index contributed by atoms with van der Waals surface area (Å²) in [6, 6.07) is 5.94. The summed E-state index contributed by atoms with van der Waals surface area (Å²) in [6.45, 7) is 1.33. The minimum Gasteiger partial charge on any atom is -0.320 e. The van der Waals surface area contributed by atoms with E-state index in [2.05, 4.69) is 10.1 Å². The number of halogens is 6. The molecule has 0 aliphatic heterocycles. The standard InChI is InChI=1S/C16H10F6N4O/c1-8-6-12(16(20,21)22)26-13(23-8)7-11(25-26)14(27)24-10-5-3-2-4-9(10)15(17,18)19/h2-7H,1H3,(H,24,27). The number of carbonyl (C=O) groups excluding carboxylic acids is 1. The van der Waals surface area contributed by atoms with Crippen LogP contribution in [0.15, 0.2) is 36.4 Å². The molecule has 0 atom stereocenters. The lowest BCUT2D eigenvalue weighted by Crippen LogP contribution is -2.18. The number of nitrogens with zero attached hydrogens (tertiary/aromatic N) is 3. The Hall–Kier alpha value is -3.11. The number of amides is 1. The first-order valence-electron chi connectivity index (χ1n) is 7.39. The lowest BCUT2D eigenvalue weighted by molar-refractivity contribution is -0.142. The van der Waals surface area contributed by atoms with Crippen molar-refractivity contribution in [3.8, 4) is 0 Å². The zero-order valence-electron chi connectivity index (χ0n) is 13.5. The Balaban J connectivity index is 2.01. The second-order valence-electron chi connectivity index (χ2n) is 5.58. The van der Waals surface area contributed by atoms with Gasteiger partial charge in [0, 0.05) is 11.8 Å². The van der Waals surface area contributed by atoms with Gasteiger partial charge in [-0.15, -0.1) is 0 Å². The predicted molar refractivity (Wildman–Crippen MR) is 82.1 cm³/mol. The first-order chi connectivity index (χ1) is 12.5. The van der Waals surface area contributed by atoms with Crippen molar-refractivity contribution in [2.24, 2.45) is 0 Å². The fraction of sp³-hybridized carbons (Fsp3) is 0.188. The molecule has 2 heterocycles. The summed E-state index contributed by atoms with van der Waals surface area (Å²) < 4.78 is 78.8. The van der Waals surface area contributed by atoms with Crippen molar-refractivity contribution >= 4 is 17.2 Å². The van der Waals surface area contributed by atoms with E-state index in [-0.39, 0.29) is 11.3 Å². The van der Waals surface area contributed by atoms with E-state index in [4.69, 9.17) is 0 Å². The van der Waals surface area contributed by atoms with Gasteiger partial charge in [-0.05, 0) is 25.1 Å². The molecule has 1 N–H and O–H groups in total. The van der Waals surface area contributed by atoms with E-state index in [1.54, 1.807) is 0 Å². The van der Waals surface area contributed by atoms with Gasteiger partial charge in [0.25, 0.3) is 5.91 Å². The zero-order valence-corrected chi connectivity index (χ0v) is 13.5.